The monoisotopic (exact) mass is 194 g/mol. The molecule has 0 N–H and O–H groups in total. The third kappa shape index (κ3) is 6.64. The van der Waals surface area contributed by atoms with E-state index < -0.39 is 0 Å². The van der Waals surface area contributed by atoms with Crippen LogP contribution in [0.5, 0.6) is 0 Å². The zero-order valence-corrected chi connectivity index (χ0v) is 10.1. The van der Waals surface area contributed by atoms with Crippen LogP contribution in [0, 0.1) is 5.92 Å². The molecule has 0 aliphatic heterocycles. The van der Waals surface area contributed by atoms with E-state index in [1.807, 2.05) is 0 Å². The molecule has 14 heavy (non-hydrogen) atoms. The van der Waals surface area contributed by atoms with Gasteiger partial charge in [0, 0.05) is 12.3 Å². The molecule has 1 heteroatoms. The maximum atomic E-state index is 11.0. The van der Waals surface area contributed by atoms with E-state index in [1.54, 1.807) is 6.92 Å². The van der Waals surface area contributed by atoms with E-state index in [0.29, 0.717) is 6.42 Å². The van der Waals surface area contributed by atoms with Crippen LogP contribution in [-0.2, 0) is 4.79 Å². The highest BCUT2D eigenvalue weighted by atomic mass is 16.1. The summed E-state index contributed by atoms with van der Waals surface area (Å²) in [5.41, 5.74) is 2.63. The molecule has 0 aromatic carbocycles. The lowest BCUT2D eigenvalue weighted by Crippen LogP contribution is -2.01. The van der Waals surface area contributed by atoms with Gasteiger partial charge in [-0.15, -0.1) is 0 Å². The van der Waals surface area contributed by atoms with Crippen molar-refractivity contribution < 1.29 is 4.79 Å². The van der Waals surface area contributed by atoms with Crippen LogP contribution in [0.3, 0.4) is 0 Å². The third-order valence-corrected chi connectivity index (χ3v) is 2.13. The quantitative estimate of drug-likeness (QED) is 0.606. The fourth-order valence-corrected chi connectivity index (χ4v) is 1.41. The van der Waals surface area contributed by atoms with E-state index in [4.69, 9.17) is 0 Å². The van der Waals surface area contributed by atoms with E-state index in [-0.39, 0.29) is 11.7 Å². The Morgan fingerprint density at radius 3 is 2.07 bits per heavy atom. The second kappa shape index (κ2) is 6.58. The standard InChI is InChI=1S/C13H22O/c1-6-11(4)8-13(7-10(2)3)9-12(5)14/h7-8,13H,6,9H2,1-5H3. The number of hydrogen-bond acceptors (Lipinski definition) is 1. The van der Waals surface area contributed by atoms with Crippen molar-refractivity contribution in [1.29, 1.82) is 0 Å². The van der Waals surface area contributed by atoms with Crippen molar-refractivity contribution >= 4 is 5.78 Å². The van der Waals surface area contributed by atoms with Crippen molar-refractivity contribution in [3.8, 4) is 0 Å². The van der Waals surface area contributed by atoms with Crippen LogP contribution >= 0.6 is 0 Å². The largest absolute Gasteiger partial charge is 0.300 e. The van der Waals surface area contributed by atoms with Gasteiger partial charge in [-0.25, -0.2) is 0 Å². The first-order valence-electron chi connectivity index (χ1n) is 5.27. The van der Waals surface area contributed by atoms with Crippen molar-refractivity contribution in [2.75, 3.05) is 0 Å². The molecule has 0 heterocycles. The molecule has 0 radical (unpaired) electrons. The van der Waals surface area contributed by atoms with Gasteiger partial charge < -0.3 is 0 Å². The van der Waals surface area contributed by atoms with Crippen LogP contribution in [0.25, 0.3) is 0 Å². The molecular formula is C13H22O. The summed E-state index contributed by atoms with van der Waals surface area (Å²) in [7, 11) is 0. The van der Waals surface area contributed by atoms with Gasteiger partial charge in [-0.05, 0) is 34.1 Å². The second-order valence-corrected chi connectivity index (χ2v) is 4.18. The number of ketones is 1. The molecule has 0 fully saturated rings. The van der Waals surface area contributed by atoms with Crippen LogP contribution in [0.2, 0.25) is 0 Å². The lowest BCUT2D eigenvalue weighted by Gasteiger charge is -2.08. The zero-order valence-electron chi connectivity index (χ0n) is 10.1. The Hall–Kier alpha value is -0.850. The number of rotatable bonds is 5. The van der Waals surface area contributed by atoms with Crippen LogP contribution in [0.4, 0.5) is 0 Å². The van der Waals surface area contributed by atoms with Gasteiger partial charge in [-0.2, -0.15) is 0 Å². The molecule has 0 aromatic heterocycles. The lowest BCUT2D eigenvalue weighted by atomic mass is 9.97. The Kier molecular flexibility index (Phi) is 6.18. The number of allylic oxidation sites excluding steroid dienone is 4. The molecule has 0 aromatic rings. The minimum absolute atomic E-state index is 0.257. The number of carbonyl (C=O) groups is 1. The fraction of sp³-hybridized carbons (Fsp3) is 0.615. The van der Waals surface area contributed by atoms with Crippen molar-refractivity contribution in [2.45, 2.75) is 47.5 Å². The van der Waals surface area contributed by atoms with Crippen LogP contribution in [-0.4, -0.2) is 5.78 Å². The second-order valence-electron chi connectivity index (χ2n) is 4.18. The van der Waals surface area contributed by atoms with E-state index in [0.717, 1.165) is 6.42 Å². The summed E-state index contributed by atoms with van der Waals surface area (Å²) in [6, 6.07) is 0. The Labute approximate surface area is 87.9 Å². The van der Waals surface area contributed by atoms with Gasteiger partial charge in [0.2, 0.25) is 0 Å². The minimum Gasteiger partial charge on any atom is -0.300 e. The maximum Gasteiger partial charge on any atom is 0.130 e. The molecule has 1 nitrogen and oxygen atoms in total. The number of Topliss-reactive ketones (excluding diaryl/α,β-unsaturated/α-hetero) is 1. The van der Waals surface area contributed by atoms with Crippen LogP contribution in [0.1, 0.15) is 47.5 Å². The Morgan fingerprint density at radius 1 is 1.14 bits per heavy atom. The van der Waals surface area contributed by atoms with Gasteiger partial charge in [-0.3, -0.25) is 4.79 Å². The first-order chi connectivity index (χ1) is 6.45. The van der Waals surface area contributed by atoms with E-state index >= 15 is 0 Å². The highest BCUT2D eigenvalue weighted by Crippen LogP contribution is 2.14. The molecule has 1 unspecified atom stereocenters. The number of carbonyl (C=O) groups excluding carboxylic acids is 1. The fourth-order valence-electron chi connectivity index (χ4n) is 1.41. The number of hydrogen-bond donors (Lipinski definition) is 0. The molecule has 0 bridgehead atoms. The molecule has 1 atom stereocenters. The lowest BCUT2D eigenvalue weighted by molar-refractivity contribution is -0.117. The smallest absolute Gasteiger partial charge is 0.130 e. The van der Waals surface area contributed by atoms with Gasteiger partial charge in [0.05, 0.1) is 0 Å². The first kappa shape index (κ1) is 13.2. The van der Waals surface area contributed by atoms with Crippen LogP contribution in [0.15, 0.2) is 23.3 Å². The minimum atomic E-state index is 0.257. The van der Waals surface area contributed by atoms with Crippen molar-refractivity contribution in [2.24, 2.45) is 5.92 Å². The van der Waals surface area contributed by atoms with E-state index in [2.05, 4.69) is 39.8 Å². The van der Waals surface area contributed by atoms with Crippen molar-refractivity contribution in [3.05, 3.63) is 23.3 Å². The predicted octanol–water partition coefficient (Wildman–Crippen LogP) is 3.90. The predicted molar refractivity (Wildman–Crippen MR) is 62.3 cm³/mol. The van der Waals surface area contributed by atoms with Gasteiger partial charge in [0.15, 0.2) is 0 Å². The molecule has 0 spiro atoms. The van der Waals surface area contributed by atoms with E-state index in [9.17, 15) is 4.79 Å². The average Bonchev–Trinajstić information content (AvgIpc) is 2.01. The highest BCUT2D eigenvalue weighted by molar-refractivity contribution is 5.76. The van der Waals surface area contributed by atoms with Crippen molar-refractivity contribution in [3.63, 3.8) is 0 Å². The Morgan fingerprint density at radius 2 is 1.71 bits per heavy atom. The molecule has 0 aliphatic rings. The Balaban J connectivity index is 4.56. The van der Waals surface area contributed by atoms with Gasteiger partial charge >= 0.3 is 0 Å². The normalized spacial score (nSPS) is 13.6. The summed E-state index contributed by atoms with van der Waals surface area (Å²) in [6.07, 6.45) is 6.06. The van der Waals surface area contributed by atoms with E-state index in [1.165, 1.54) is 11.1 Å². The summed E-state index contributed by atoms with van der Waals surface area (Å²) >= 11 is 0. The first-order valence-corrected chi connectivity index (χ1v) is 5.27. The molecule has 0 saturated carbocycles. The summed E-state index contributed by atoms with van der Waals surface area (Å²) in [5, 5.41) is 0. The summed E-state index contributed by atoms with van der Waals surface area (Å²) in [4.78, 5) is 11.0. The Bertz CT molecular complexity index is 242. The highest BCUT2D eigenvalue weighted by Gasteiger charge is 2.05. The molecule has 0 saturated heterocycles. The molecule has 0 amide bonds. The topological polar surface area (TPSA) is 17.1 Å². The molecule has 0 aliphatic carbocycles. The molecular weight excluding hydrogens is 172 g/mol. The molecule has 80 valence electrons. The average molecular weight is 194 g/mol. The molecule has 0 rings (SSSR count). The van der Waals surface area contributed by atoms with Crippen LogP contribution < -0.4 is 0 Å². The third-order valence-electron chi connectivity index (χ3n) is 2.13. The summed E-state index contributed by atoms with van der Waals surface area (Å²) in [5.74, 6) is 0.546. The van der Waals surface area contributed by atoms with Gasteiger partial charge in [-0.1, -0.05) is 30.2 Å². The van der Waals surface area contributed by atoms with Gasteiger partial charge in [0.1, 0.15) is 5.78 Å². The maximum absolute atomic E-state index is 11.0. The zero-order chi connectivity index (χ0) is 11.1. The van der Waals surface area contributed by atoms with Gasteiger partial charge in [0.25, 0.3) is 0 Å². The summed E-state index contributed by atoms with van der Waals surface area (Å²) in [6.45, 7) is 10.1. The van der Waals surface area contributed by atoms with Crippen molar-refractivity contribution in [1.82, 2.24) is 0 Å². The SMILES string of the molecule is CCC(C)=CC(C=C(C)C)CC(C)=O. The summed E-state index contributed by atoms with van der Waals surface area (Å²) < 4.78 is 0.